The van der Waals surface area contributed by atoms with Gasteiger partial charge in [0.1, 0.15) is 10.9 Å². The van der Waals surface area contributed by atoms with Crippen LogP contribution >= 0.6 is 24.0 Å². The maximum absolute atomic E-state index is 13.3. The van der Waals surface area contributed by atoms with Crippen LogP contribution in [0.25, 0.3) is 5.57 Å². The van der Waals surface area contributed by atoms with Crippen LogP contribution in [0.5, 0.6) is 0 Å². The Morgan fingerprint density at radius 1 is 1.00 bits per heavy atom. The molecule has 2 aliphatic rings. The Morgan fingerprint density at radius 2 is 1.70 bits per heavy atom. The summed E-state index contributed by atoms with van der Waals surface area (Å²) in [4.78, 5) is 42.1. The summed E-state index contributed by atoms with van der Waals surface area (Å²) < 4.78 is 0.454. The van der Waals surface area contributed by atoms with E-state index in [1.54, 1.807) is 30.3 Å². The highest BCUT2D eigenvalue weighted by atomic mass is 32.2. The Morgan fingerprint density at radius 3 is 2.43 bits per heavy atom. The fourth-order valence-corrected chi connectivity index (χ4v) is 4.87. The quantitative estimate of drug-likeness (QED) is 0.571. The molecule has 1 saturated heterocycles. The molecule has 2 aromatic rings. The first-order chi connectivity index (χ1) is 14.5. The van der Waals surface area contributed by atoms with E-state index in [1.807, 2.05) is 31.2 Å². The molecular weight excluding hydrogens is 418 g/mol. The van der Waals surface area contributed by atoms with Gasteiger partial charge in [-0.1, -0.05) is 67.3 Å². The molecule has 0 aliphatic carbocycles. The maximum atomic E-state index is 13.3. The second-order valence-corrected chi connectivity index (χ2v) is 8.50. The predicted molar refractivity (Wildman–Crippen MR) is 123 cm³/mol. The zero-order chi connectivity index (χ0) is 21.3. The molecule has 2 heterocycles. The summed E-state index contributed by atoms with van der Waals surface area (Å²) in [7, 11) is 0. The SMILES string of the molecule is CCCN1C(=O)/C(=C2\C(=O)N(CC(=O)Nc3ccccc3)c3ccccc32)SC1=S. The third-order valence-electron chi connectivity index (χ3n) is 4.81. The zero-order valence-corrected chi connectivity index (χ0v) is 17.9. The molecule has 2 aromatic carbocycles. The molecule has 3 amide bonds. The number of carbonyl (C=O) groups excluding carboxylic acids is 3. The second-order valence-electron chi connectivity index (χ2n) is 6.85. The number of fused-ring (bicyclic) bond motifs is 1. The minimum Gasteiger partial charge on any atom is -0.325 e. The number of thiocarbonyl (C=S) groups is 1. The number of carbonyl (C=O) groups is 3. The molecule has 1 N–H and O–H groups in total. The first kappa shape index (κ1) is 20.3. The van der Waals surface area contributed by atoms with Gasteiger partial charge in [-0.15, -0.1) is 0 Å². The van der Waals surface area contributed by atoms with Crippen LogP contribution in [0.15, 0.2) is 59.5 Å². The van der Waals surface area contributed by atoms with Crippen LogP contribution in [0.4, 0.5) is 11.4 Å². The first-order valence-corrected chi connectivity index (χ1v) is 10.8. The number of rotatable bonds is 5. The van der Waals surface area contributed by atoms with Crippen molar-refractivity contribution in [2.75, 3.05) is 23.3 Å². The molecule has 1 fully saturated rings. The van der Waals surface area contributed by atoms with Crippen LogP contribution in [-0.4, -0.2) is 40.0 Å². The average Bonchev–Trinajstić information content (AvgIpc) is 3.17. The van der Waals surface area contributed by atoms with Gasteiger partial charge < -0.3 is 5.32 Å². The number of hydrogen-bond acceptors (Lipinski definition) is 5. The Hall–Kier alpha value is -2.97. The van der Waals surface area contributed by atoms with E-state index in [4.69, 9.17) is 12.2 Å². The normalized spacial score (nSPS) is 18.2. The standard InChI is InChI=1S/C22H19N3O3S2/c1-2-12-24-21(28)19(30-22(24)29)18-15-10-6-7-11-16(15)25(20(18)27)13-17(26)23-14-8-4-3-5-9-14/h3-11H,2,12-13H2,1H3,(H,23,26)/b19-18+. The van der Waals surface area contributed by atoms with E-state index in [2.05, 4.69) is 5.32 Å². The smallest absolute Gasteiger partial charge is 0.267 e. The molecule has 0 unspecified atom stereocenters. The van der Waals surface area contributed by atoms with Crippen molar-refractivity contribution in [1.82, 2.24) is 4.90 Å². The summed E-state index contributed by atoms with van der Waals surface area (Å²) in [5.41, 5.74) is 2.23. The summed E-state index contributed by atoms with van der Waals surface area (Å²) >= 11 is 6.50. The van der Waals surface area contributed by atoms with Crippen molar-refractivity contribution in [1.29, 1.82) is 0 Å². The zero-order valence-electron chi connectivity index (χ0n) is 16.3. The minimum absolute atomic E-state index is 0.149. The van der Waals surface area contributed by atoms with Crippen molar-refractivity contribution in [3.63, 3.8) is 0 Å². The largest absolute Gasteiger partial charge is 0.325 e. The molecular formula is C22H19N3O3S2. The van der Waals surface area contributed by atoms with E-state index in [0.717, 1.165) is 18.2 Å². The summed E-state index contributed by atoms with van der Waals surface area (Å²) in [6, 6.07) is 16.3. The van der Waals surface area contributed by atoms with Crippen LogP contribution in [0, 0.1) is 0 Å². The van der Waals surface area contributed by atoms with Crippen LogP contribution < -0.4 is 10.2 Å². The topological polar surface area (TPSA) is 69.7 Å². The van der Waals surface area contributed by atoms with Gasteiger partial charge in [0.05, 0.1) is 16.2 Å². The minimum atomic E-state index is -0.364. The van der Waals surface area contributed by atoms with Crippen LogP contribution in [0.3, 0.4) is 0 Å². The van der Waals surface area contributed by atoms with Gasteiger partial charge in [-0.05, 0) is 24.6 Å². The third kappa shape index (κ3) is 3.64. The predicted octanol–water partition coefficient (Wildman–Crippen LogP) is 3.65. The number of anilines is 2. The van der Waals surface area contributed by atoms with E-state index in [9.17, 15) is 14.4 Å². The van der Waals surface area contributed by atoms with Crippen molar-refractivity contribution in [2.24, 2.45) is 0 Å². The van der Waals surface area contributed by atoms with Crippen LogP contribution in [0.2, 0.25) is 0 Å². The molecule has 30 heavy (non-hydrogen) atoms. The van der Waals surface area contributed by atoms with Gasteiger partial charge in [0.2, 0.25) is 5.91 Å². The fraction of sp³-hybridized carbons (Fsp3) is 0.182. The fourth-order valence-electron chi connectivity index (χ4n) is 3.49. The highest BCUT2D eigenvalue weighted by Crippen LogP contribution is 2.44. The van der Waals surface area contributed by atoms with Crippen molar-refractivity contribution >= 4 is 63.0 Å². The number of hydrogen-bond donors (Lipinski definition) is 1. The average molecular weight is 438 g/mol. The van der Waals surface area contributed by atoms with Gasteiger partial charge in [-0.3, -0.25) is 24.2 Å². The molecule has 0 radical (unpaired) electrons. The second kappa shape index (κ2) is 8.41. The number of nitrogens with zero attached hydrogens (tertiary/aromatic N) is 2. The summed E-state index contributed by atoms with van der Waals surface area (Å²) in [6.07, 6.45) is 0.769. The maximum Gasteiger partial charge on any atom is 0.267 e. The van der Waals surface area contributed by atoms with E-state index < -0.39 is 0 Å². The molecule has 4 rings (SSSR count). The van der Waals surface area contributed by atoms with Gasteiger partial charge in [0.25, 0.3) is 11.8 Å². The Labute approximate surface area is 183 Å². The lowest BCUT2D eigenvalue weighted by atomic mass is 10.1. The Bertz CT molecular complexity index is 1080. The lowest BCUT2D eigenvalue weighted by Gasteiger charge is -2.16. The molecule has 0 aromatic heterocycles. The summed E-state index contributed by atoms with van der Waals surface area (Å²) in [5.74, 6) is -0.930. The molecule has 6 nitrogen and oxygen atoms in total. The number of thioether (sulfide) groups is 1. The lowest BCUT2D eigenvalue weighted by molar-refractivity contribution is -0.122. The van der Waals surface area contributed by atoms with E-state index in [1.165, 1.54) is 9.80 Å². The summed E-state index contributed by atoms with van der Waals surface area (Å²) in [6.45, 7) is 2.33. The van der Waals surface area contributed by atoms with Crippen molar-refractivity contribution in [2.45, 2.75) is 13.3 Å². The highest BCUT2D eigenvalue weighted by molar-refractivity contribution is 8.26. The van der Waals surface area contributed by atoms with Crippen molar-refractivity contribution in [3.05, 3.63) is 65.1 Å². The molecule has 152 valence electrons. The third-order valence-corrected chi connectivity index (χ3v) is 6.25. The van der Waals surface area contributed by atoms with Crippen LogP contribution in [-0.2, 0) is 14.4 Å². The Kier molecular flexibility index (Phi) is 5.69. The molecule has 2 aliphatic heterocycles. The molecule has 0 bridgehead atoms. The number of benzene rings is 2. The van der Waals surface area contributed by atoms with E-state index in [0.29, 0.717) is 38.3 Å². The summed E-state index contributed by atoms with van der Waals surface area (Å²) in [5, 5.41) is 2.79. The van der Waals surface area contributed by atoms with E-state index in [-0.39, 0.29) is 24.3 Å². The first-order valence-electron chi connectivity index (χ1n) is 9.55. The lowest BCUT2D eigenvalue weighted by Crippen LogP contribution is -2.35. The van der Waals surface area contributed by atoms with Crippen molar-refractivity contribution in [3.8, 4) is 0 Å². The molecule has 8 heteroatoms. The number of amides is 3. The van der Waals surface area contributed by atoms with Gasteiger partial charge in [-0.25, -0.2) is 0 Å². The molecule has 0 spiro atoms. The number of nitrogens with one attached hydrogen (secondary N) is 1. The number of para-hydroxylation sites is 2. The molecule has 0 saturated carbocycles. The van der Waals surface area contributed by atoms with Gasteiger partial charge in [0.15, 0.2) is 0 Å². The van der Waals surface area contributed by atoms with Gasteiger partial charge in [0, 0.05) is 17.8 Å². The van der Waals surface area contributed by atoms with Crippen molar-refractivity contribution < 1.29 is 14.4 Å². The monoisotopic (exact) mass is 437 g/mol. The van der Waals surface area contributed by atoms with Gasteiger partial charge in [-0.2, -0.15) is 0 Å². The van der Waals surface area contributed by atoms with E-state index >= 15 is 0 Å². The van der Waals surface area contributed by atoms with Gasteiger partial charge >= 0.3 is 0 Å². The highest BCUT2D eigenvalue weighted by Gasteiger charge is 2.42. The molecule has 0 atom stereocenters. The Balaban J connectivity index is 1.66. The van der Waals surface area contributed by atoms with Crippen LogP contribution in [0.1, 0.15) is 18.9 Å².